The summed E-state index contributed by atoms with van der Waals surface area (Å²) in [4.78, 5) is 41.9. The number of aromatic nitrogens is 3. The molecule has 0 atom stereocenters. The van der Waals surface area contributed by atoms with Gasteiger partial charge in [-0.25, -0.2) is 9.50 Å². The molecule has 0 radical (unpaired) electrons. The van der Waals surface area contributed by atoms with Crippen LogP contribution >= 0.6 is 0 Å². The van der Waals surface area contributed by atoms with Crippen LogP contribution in [0.2, 0.25) is 0 Å². The maximum atomic E-state index is 13.2. The Hall–Kier alpha value is -4.20. The summed E-state index contributed by atoms with van der Waals surface area (Å²) in [7, 11) is 0. The molecule has 31 heavy (non-hydrogen) atoms. The topological polar surface area (TPSA) is 108 Å². The molecule has 2 aromatic heterocycles. The van der Waals surface area contributed by atoms with Crippen molar-refractivity contribution in [2.75, 3.05) is 10.6 Å². The zero-order valence-electron chi connectivity index (χ0n) is 17.3. The minimum atomic E-state index is -0.571. The maximum Gasteiger partial charge on any atom is 0.285 e. The highest BCUT2D eigenvalue weighted by Crippen LogP contribution is 2.26. The van der Waals surface area contributed by atoms with Crippen LogP contribution in [-0.2, 0) is 4.79 Å². The largest absolute Gasteiger partial charge is 0.326 e. The number of hydrogen-bond acceptors (Lipinski definition) is 4. The van der Waals surface area contributed by atoms with Crippen molar-refractivity contribution >= 4 is 28.8 Å². The van der Waals surface area contributed by atoms with E-state index in [4.69, 9.17) is 0 Å². The lowest BCUT2D eigenvalue weighted by atomic mass is 10.1. The summed E-state index contributed by atoms with van der Waals surface area (Å²) >= 11 is 0. The highest BCUT2D eigenvalue weighted by atomic mass is 16.2. The average Bonchev–Trinajstić information content (AvgIpc) is 3.04. The van der Waals surface area contributed by atoms with Crippen LogP contribution in [0.3, 0.4) is 0 Å². The van der Waals surface area contributed by atoms with Gasteiger partial charge in [0.1, 0.15) is 5.56 Å². The van der Waals surface area contributed by atoms with E-state index in [2.05, 4.69) is 20.7 Å². The van der Waals surface area contributed by atoms with Gasteiger partial charge in [-0.05, 0) is 37.6 Å². The molecule has 4 aromatic rings. The predicted octanol–water partition coefficient (Wildman–Crippen LogP) is 3.52. The Morgan fingerprint density at radius 2 is 1.65 bits per heavy atom. The average molecular weight is 415 g/mol. The zero-order valence-corrected chi connectivity index (χ0v) is 17.3. The van der Waals surface area contributed by atoms with Crippen LogP contribution in [0.25, 0.3) is 16.8 Å². The molecule has 3 N–H and O–H groups in total. The Morgan fingerprint density at radius 1 is 0.968 bits per heavy atom. The van der Waals surface area contributed by atoms with E-state index in [0.29, 0.717) is 22.7 Å². The Labute approximate surface area is 177 Å². The fraction of sp³-hybridized carbons (Fsp3) is 0.130. The molecular weight excluding hydrogens is 394 g/mol. The third-order valence-electron chi connectivity index (χ3n) is 4.87. The van der Waals surface area contributed by atoms with Gasteiger partial charge in [0.2, 0.25) is 5.91 Å². The number of amides is 2. The van der Waals surface area contributed by atoms with Gasteiger partial charge in [-0.15, -0.1) is 0 Å². The number of nitrogens with one attached hydrogen (secondary N) is 3. The lowest BCUT2D eigenvalue weighted by molar-refractivity contribution is -0.114. The van der Waals surface area contributed by atoms with E-state index in [1.807, 2.05) is 37.3 Å². The number of nitrogens with zero attached hydrogens (tertiary/aromatic N) is 2. The smallest absolute Gasteiger partial charge is 0.285 e. The van der Waals surface area contributed by atoms with Crippen molar-refractivity contribution in [1.29, 1.82) is 0 Å². The van der Waals surface area contributed by atoms with Gasteiger partial charge in [-0.1, -0.05) is 36.4 Å². The minimum Gasteiger partial charge on any atom is -0.326 e. The molecule has 0 aliphatic heterocycles. The molecule has 2 heterocycles. The van der Waals surface area contributed by atoms with Crippen molar-refractivity contribution < 1.29 is 9.59 Å². The predicted molar refractivity (Wildman–Crippen MR) is 119 cm³/mol. The number of fused-ring (bicyclic) bond motifs is 1. The second kappa shape index (κ2) is 7.91. The monoisotopic (exact) mass is 415 g/mol. The number of aromatic amines is 1. The molecule has 0 spiro atoms. The number of hydrogen-bond donors (Lipinski definition) is 3. The highest BCUT2D eigenvalue weighted by Gasteiger charge is 2.22. The summed E-state index contributed by atoms with van der Waals surface area (Å²) in [5.74, 6) is -0.790. The van der Waals surface area contributed by atoms with Gasteiger partial charge in [0.15, 0.2) is 5.65 Å². The van der Waals surface area contributed by atoms with E-state index in [1.165, 1.54) is 11.4 Å². The summed E-state index contributed by atoms with van der Waals surface area (Å²) in [6.45, 7) is 4.90. The summed E-state index contributed by atoms with van der Waals surface area (Å²) in [6, 6.07) is 16.3. The van der Waals surface area contributed by atoms with Crippen LogP contribution in [-0.4, -0.2) is 26.4 Å². The fourth-order valence-corrected chi connectivity index (χ4v) is 3.57. The van der Waals surface area contributed by atoms with E-state index in [-0.39, 0.29) is 11.5 Å². The molecular formula is C23H21N5O3. The van der Waals surface area contributed by atoms with Gasteiger partial charge in [0.05, 0.1) is 5.69 Å². The zero-order chi connectivity index (χ0) is 22.1. The molecule has 0 fully saturated rings. The van der Waals surface area contributed by atoms with E-state index in [9.17, 15) is 14.4 Å². The molecule has 156 valence electrons. The van der Waals surface area contributed by atoms with Gasteiger partial charge in [0.25, 0.3) is 11.5 Å². The van der Waals surface area contributed by atoms with Crippen LogP contribution in [0.15, 0.2) is 59.4 Å². The van der Waals surface area contributed by atoms with E-state index in [0.717, 1.165) is 16.8 Å². The van der Waals surface area contributed by atoms with Gasteiger partial charge >= 0.3 is 0 Å². The SMILES string of the molecule is CC(=O)Nc1cccc(NC(=O)c2c(C)nc3c(-c4ccccc4)c(C)[nH]n3c2=O)c1. The first-order valence-corrected chi connectivity index (χ1v) is 9.71. The lowest BCUT2D eigenvalue weighted by Gasteiger charge is -2.09. The first kappa shape index (κ1) is 20.1. The molecule has 8 nitrogen and oxygen atoms in total. The summed E-state index contributed by atoms with van der Waals surface area (Å²) in [5, 5.41) is 8.40. The number of anilines is 2. The molecule has 0 saturated carbocycles. The van der Waals surface area contributed by atoms with Crippen molar-refractivity contribution in [3.8, 4) is 11.1 Å². The quantitative estimate of drug-likeness (QED) is 0.474. The Balaban J connectivity index is 1.75. The van der Waals surface area contributed by atoms with E-state index >= 15 is 0 Å². The molecule has 0 unspecified atom stereocenters. The summed E-state index contributed by atoms with van der Waals surface area (Å²) in [6.07, 6.45) is 0. The molecule has 2 aromatic carbocycles. The second-order valence-electron chi connectivity index (χ2n) is 7.23. The fourth-order valence-electron chi connectivity index (χ4n) is 3.57. The summed E-state index contributed by atoms with van der Waals surface area (Å²) < 4.78 is 1.30. The number of carbonyl (C=O) groups excluding carboxylic acids is 2. The third kappa shape index (κ3) is 3.83. The molecule has 0 bridgehead atoms. The van der Waals surface area contributed by atoms with Gasteiger partial charge in [-0.2, -0.15) is 0 Å². The van der Waals surface area contributed by atoms with E-state index in [1.54, 1.807) is 31.2 Å². The number of benzene rings is 2. The van der Waals surface area contributed by atoms with Crippen LogP contribution in [0.5, 0.6) is 0 Å². The molecule has 4 rings (SSSR count). The van der Waals surface area contributed by atoms with Crippen LogP contribution < -0.4 is 16.2 Å². The van der Waals surface area contributed by atoms with Gasteiger partial charge in [-0.3, -0.25) is 19.5 Å². The Kier molecular flexibility index (Phi) is 5.12. The number of aryl methyl sites for hydroxylation is 2. The Bertz CT molecular complexity index is 1370. The number of carbonyl (C=O) groups is 2. The number of rotatable bonds is 4. The number of H-pyrrole nitrogens is 1. The van der Waals surface area contributed by atoms with Crippen molar-refractivity contribution in [3.05, 3.63) is 81.9 Å². The first-order valence-electron chi connectivity index (χ1n) is 9.71. The van der Waals surface area contributed by atoms with Crippen LogP contribution in [0.1, 0.15) is 28.7 Å². The second-order valence-corrected chi connectivity index (χ2v) is 7.23. The third-order valence-corrected chi connectivity index (χ3v) is 4.87. The summed E-state index contributed by atoms with van der Waals surface area (Å²) in [5.41, 5.74) is 3.77. The van der Waals surface area contributed by atoms with E-state index < -0.39 is 11.5 Å². The van der Waals surface area contributed by atoms with Gasteiger partial charge < -0.3 is 10.6 Å². The maximum absolute atomic E-state index is 13.2. The highest BCUT2D eigenvalue weighted by molar-refractivity contribution is 6.05. The standard InChI is InChI=1S/C23H21N5O3/c1-13-20(22(30)26-18-11-7-10-17(12-18)25-15(3)29)23(31)28-21(24-13)19(14(2)27-28)16-8-5-4-6-9-16/h4-12,27H,1-3H3,(H,25,29)(H,26,30). The molecule has 0 aliphatic carbocycles. The minimum absolute atomic E-state index is 0.0525. The van der Waals surface area contributed by atoms with Crippen molar-refractivity contribution in [2.24, 2.45) is 0 Å². The lowest BCUT2D eigenvalue weighted by Crippen LogP contribution is -2.29. The van der Waals surface area contributed by atoms with Crippen molar-refractivity contribution in [2.45, 2.75) is 20.8 Å². The van der Waals surface area contributed by atoms with Crippen molar-refractivity contribution in [1.82, 2.24) is 14.6 Å². The van der Waals surface area contributed by atoms with Crippen LogP contribution in [0.4, 0.5) is 11.4 Å². The normalized spacial score (nSPS) is 10.8. The first-order chi connectivity index (χ1) is 14.8. The molecule has 2 amide bonds. The molecule has 0 saturated heterocycles. The van der Waals surface area contributed by atoms with Crippen LogP contribution in [0, 0.1) is 13.8 Å². The molecule has 0 aliphatic rings. The molecule has 8 heteroatoms. The van der Waals surface area contributed by atoms with Crippen molar-refractivity contribution in [3.63, 3.8) is 0 Å². The van der Waals surface area contributed by atoms with Gasteiger partial charge in [0, 0.05) is 29.6 Å². The Morgan fingerprint density at radius 3 is 2.32 bits per heavy atom.